The van der Waals surface area contributed by atoms with Crippen molar-refractivity contribution in [3.8, 4) is 11.1 Å². The molecule has 0 saturated carbocycles. The first-order valence-electron chi connectivity index (χ1n) is 7.15. The van der Waals surface area contributed by atoms with E-state index < -0.39 is 0 Å². The van der Waals surface area contributed by atoms with Crippen molar-refractivity contribution in [2.75, 3.05) is 6.54 Å². The van der Waals surface area contributed by atoms with E-state index in [0.717, 1.165) is 36.5 Å². The molecule has 0 saturated heterocycles. The molecule has 0 amide bonds. The van der Waals surface area contributed by atoms with Gasteiger partial charge in [0.05, 0.1) is 0 Å². The number of aromatic nitrogens is 1. The molecular weight excluding hydrogens is 251 g/mol. The summed E-state index contributed by atoms with van der Waals surface area (Å²) in [4.78, 5) is 2.40. The van der Waals surface area contributed by atoms with Crippen molar-refractivity contribution in [1.29, 1.82) is 0 Å². The highest BCUT2D eigenvalue weighted by Crippen LogP contribution is 2.30. The van der Waals surface area contributed by atoms with Crippen LogP contribution in [0.1, 0.15) is 26.5 Å². The van der Waals surface area contributed by atoms with Gasteiger partial charge >= 0.3 is 0 Å². The molecule has 106 valence electrons. The van der Waals surface area contributed by atoms with E-state index in [9.17, 15) is 4.39 Å². The Morgan fingerprint density at radius 2 is 1.75 bits per heavy atom. The van der Waals surface area contributed by atoms with Crippen LogP contribution in [0.2, 0.25) is 0 Å². The van der Waals surface area contributed by atoms with Gasteiger partial charge in [0.1, 0.15) is 0 Å². The highest BCUT2D eigenvalue weighted by atomic mass is 19.1. The molecule has 0 unspecified atom stereocenters. The van der Waals surface area contributed by atoms with Gasteiger partial charge in [-0.1, -0.05) is 30.3 Å². The van der Waals surface area contributed by atoms with Crippen LogP contribution in [0.15, 0.2) is 36.4 Å². The second kappa shape index (κ2) is 4.74. The summed E-state index contributed by atoms with van der Waals surface area (Å²) < 4.78 is 16.4. The van der Waals surface area contributed by atoms with Crippen molar-refractivity contribution in [1.82, 2.24) is 9.47 Å². The molecule has 0 N–H and O–H groups in total. The second-order valence-corrected chi connectivity index (χ2v) is 6.45. The van der Waals surface area contributed by atoms with E-state index in [0.29, 0.717) is 0 Å². The lowest BCUT2D eigenvalue weighted by molar-refractivity contribution is 0.0993. The molecule has 3 heteroatoms. The molecule has 20 heavy (non-hydrogen) atoms. The Kier molecular flexibility index (Phi) is 3.17. The van der Waals surface area contributed by atoms with Crippen molar-refractivity contribution in [2.45, 2.75) is 39.4 Å². The molecule has 0 bridgehead atoms. The summed E-state index contributed by atoms with van der Waals surface area (Å²) in [7, 11) is 0. The highest BCUT2D eigenvalue weighted by molar-refractivity contribution is 5.64. The first-order chi connectivity index (χ1) is 9.47. The first kappa shape index (κ1) is 13.4. The van der Waals surface area contributed by atoms with Crippen LogP contribution in [0, 0.1) is 5.95 Å². The van der Waals surface area contributed by atoms with Crippen molar-refractivity contribution in [3.63, 3.8) is 0 Å². The summed E-state index contributed by atoms with van der Waals surface area (Å²) in [5.74, 6) is -0.0974. The lowest BCUT2D eigenvalue weighted by Gasteiger charge is -2.38. The Bertz CT molecular complexity index is 608. The third kappa shape index (κ3) is 2.27. The summed E-state index contributed by atoms with van der Waals surface area (Å²) in [6.45, 7) is 9.06. The third-order valence-electron chi connectivity index (χ3n) is 4.10. The zero-order valence-electron chi connectivity index (χ0n) is 12.4. The van der Waals surface area contributed by atoms with Gasteiger partial charge in [0.2, 0.25) is 5.95 Å². The summed E-state index contributed by atoms with van der Waals surface area (Å²) >= 11 is 0. The summed E-state index contributed by atoms with van der Waals surface area (Å²) in [5, 5.41) is 0. The molecule has 0 aliphatic carbocycles. The standard InChI is InChI=1S/C17H21FN2/c1-17(2,3)19-9-10-20-14(12-19)11-15(16(20)18)13-7-5-4-6-8-13/h4-8,11H,9-10,12H2,1-3H3. The average Bonchev–Trinajstić information content (AvgIpc) is 2.76. The normalized spacial score (nSPS) is 16.2. The largest absolute Gasteiger partial charge is 0.319 e. The van der Waals surface area contributed by atoms with Crippen LogP contribution in [0.5, 0.6) is 0 Å². The Morgan fingerprint density at radius 3 is 2.40 bits per heavy atom. The maximum Gasteiger partial charge on any atom is 0.201 e. The van der Waals surface area contributed by atoms with Gasteiger partial charge < -0.3 is 4.57 Å². The fourth-order valence-electron chi connectivity index (χ4n) is 2.84. The zero-order chi connectivity index (χ0) is 14.3. The Labute approximate surface area is 119 Å². The fraction of sp³-hybridized carbons (Fsp3) is 0.412. The predicted octanol–water partition coefficient (Wildman–Crippen LogP) is 3.91. The van der Waals surface area contributed by atoms with Gasteiger partial charge in [-0.15, -0.1) is 0 Å². The quantitative estimate of drug-likeness (QED) is 0.764. The molecule has 0 atom stereocenters. The lowest BCUT2D eigenvalue weighted by atomic mass is 10.0. The van der Waals surface area contributed by atoms with Gasteiger partial charge in [-0.05, 0) is 32.4 Å². The molecule has 1 aliphatic heterocycles. The molecule has 1 aliphatic rings. The van der Waals surface area contributed by atoms with Gasteiger partial charge in [0, 0.05) is 36.4 Å². The van der Waals surface area contributed by atoms with E-state index in [-0.39, 0.29) is 11.5 Å². The maximum atomic E-state index is 14.6. The van der Waals surface area contributed by atoms with E-state index in [1.165, 1.54) is 0 Å². The smallest absolute Gasteiger partial charge is 0.201 e. The van der Waals surface area contributed by atoms with Crippen LogP contribution in [-0.4, -0.2) is 21.6 Å². The van der Waals surface area contributed by atoms with Crippen molar-refractivity contribution in [3.05, 3.63) is 48.0 Å². The Hall–Kier alpha value is -1.61. The predicted molar refractivity (Wildman–Crippen MR) is 80.0 cm³/mol. The van der Waals surface area contributed by atoms with E-state index >= 15 is 0 Å². The molecule has 1 aromatic heterocycles. The van der Waals surface area contributed by atoms with Gasteiger partial charge in [0.15, 0.2) is 0 Å². The Balaban J connectivity index is 1.98. The average molecular weight is 272 g/mol. The molecule has 1 aromatic carbocycles. The third-order valence-corrected chi connectivity index (χ3v) is 4.10. The van der Waals surface area contributed by atoms with E-state index in [1.807, 2.05) is 41.0 Å². The van der Waals surface area contributed by atoms with Gasteiger partial charge in [-0.2, -0.15) is 4.39 Å². The number of hydrogen-bond donors (Lipinski definition) is 0. The number of fused-ring (bicyclic) bond motifs is 1. The monoisotopic (exact) mass is 272 g/mol. The molecule has 2 heterocycles. The zero-order valence-corrected chi connectivity index (χ0v) is 12.4. The fourth-order valence-corrected chi connectivity index (χ4v) is 2.84. The van der Waals surface area contributed by atoms with Crippen LogP contribution in [0.3, 0.4) is 0 Å². The van der Waals surface area contributed by atoms with E-state index in [1.54, 1.807) is 0 Å². The summed E-state index contributed by atoms with van der Waals surface area (Å²) in [6, 6.07) is 11.8. The number of hydrogen-bond acceptors (Lipinski definition) is 1. The van der Waals surface area contributed by atoms with Crippen LogP contribution in [-0.2, 0) is 13.1 Å². The van der Waals surface area contributed by atoms with Gasteiger partial charge in [-0.3, -0.25) is 4.90 Å². The van der Waals surface area contributed by atoms with E-state index in [4.69, 9.17) is 0 Å². The molecule has 0 fully saturated rings. The molecule has 0 radical (unpaired) electrons. The molecule has 0 spiro atoms. The number of rotatable bonds is 1. The summed E-state index contributed by atoms with van der Waals surface area (Å²) in [5.41, 5.74) is 2.87. The maximum absolute atomic E-state index is 14.6. The van der Waals surface area contributed by atoms with E-state index in [2.05, 4.69) is 25.7 Å². The summed E-state index contributed by atoms with van der Waals surface area (Å²) in [6.07, 6.45) is 0. The van der Waals surface area contributed by atoms with Crippen LogP contribution < -0.4 is 0 Å². The number of nitrogens with zero attached hydrogens (tertiary/aromatic N) is 2. The van der Waals surface area contributed by atoms with Crippen molar-refractivity contribution >= 4 is 0 Å². The lowest BCUT2D eigenvalue weighted by Crippen LogP contribution is -2.45. The number of halogens is 1. The minimum atomic E-state index is -0.0974. The molecule has 3 rings (SSSR count). The van der Waals surface area contributed by atoms with Gasteiger partial charge in [-0.25, -0.2) is 0 Å². The van der Waals surface area contributed by atoms with Gasteiger partial charge in [0.25, 0.3) is 0 Å². The molecule has 2 aromatic rings. The molecule has 2 nitrogen and oxygen atoms in total. The SMILES string of the molecule is CC(C)(C)N1CCn2c(cc(-c3ccccc3)c2F)C1. The number of benzene rings is 1. The van der Waals surface area contributed by atoms with Crippen LogP contribution in [0.4, 0.5) is 4.39 Å². The minimum Gasteiger partial charge on any atom is -0.319 e. The highest BCUT2D eigenvalue weighted by Gasteiger charge is 2.28. The van der Waals surface area contributed by atoms with Crippen molar-refractivity contribution < 1.29 is 4.39 Å². The Morgan fingerprint density at radius 1 is 1.05 bits per heavy atom. The first-order valence-corrected chi connectivity index (χ1v) is 7.15. The topological polar surface area (TPSA) is 8.17 Å². The minimum absolute atomic E-state index is 0.0974. The second-order valence-electron chi connectivity index (χ2n) is 6.45. The van der Waals surface area contributed by atoms with Crippen LogP contribution >= 0.6 is 0 Å². The molecular formula is C17H21FN2. The van der Waals surface area contributed by atoms with Crippen molar-refractivity contribution in [2.24, 2.45) is 0 Å². The van der Waals surface area contributed by atoms with Crippen LogP contribution in [0.25, 0.3) is 11.1 Å².